The lowest BCUT2D eigenvalue weighted by Gasteiger charge is -2.34. The molecule has 11 aromatic rings. The molecule has 0 spiro atoms. The highest BCUT2D eigenvalue weighted by Crippen LogP contribution is 2.59. The first-order valence-corrected chi connectivity index (χ1v) is 20.8. The van der Waals surface area contributed by atoms with E-state index in [1.807, 2.05) is 103 Å². The van der Waals surface area contributed by atoms with Crippen molar-refractivity contribution in [2.45, 2.75) is 5.41 Å². The first-order chi connectivity index (χ1) is 32.8. The predicted octanol–water partition coefficient (Wildman–Crippen LogP) is 16.0. The summed E-state index contributed by atoms with van der Waals surface area (Å²) in [5.74, 6) is 0. The number of nitrogens with zero attached hydrogens (tertiary/aromatic N) is 2. The van der Waals surface area contributed by atoms with E-state index in [0.29, 0.717) is 16.7 Å². The molecule has 1 unspecified atom stereocenters. The maximum absolute atomic E-state index is 9.79. The number of benzene rings is 10. The molecule has 1 heterocycles. The van der Waals surface area contributed by atoms with Gasteiger partial charge in [0.15, 0.2) is 0 Å². The van der Waals surface area contributed by atoms with Crippen LogP contribution in [-0.4, -0.2) is 0 Å². The Kier molecular flexibility index (Phi) is 7.23. The van der Waals surface area contributed by atoms with Crippen LogP contribution in [-0.2, 0) is 5.41 Å². The molecule has 1 aliphatic carbocycles. The molecule has 0 N–H and O–H groups in total. The van der Waals surface area contributed by atoms with Crippen molar-refractivity contribution in [1.29, 1.82) is 0 Å². The summed E-state index contributed by atoms with van der Waals surface area (Å²) in [5.41, 5.74) is 9.57. The van der Waals surface area contributed by atoms with Gasteiger partial charge in [0.2, 0.25) is 0 Å². The van der Waals surface area contributed by atoms with E-state index in [1.54, 1.807) is 0 Å². The van der Waals surface area contributed by atoms with Crippen LogP contribution in [0, 0.1) is 0 Å². The minimum absolute atomic E-state index is 0.157. The Labute approximate surface area is 368 Å². The molecule has 3 heteroatoms. The lowest BCUT2D eigenvalue weighted by atomic mass is 9.67. The molecule has 3 nitrogen and oxygen atoms in total. The van der Waals surface area contributed by atoms with E-state index in [4.69, 9.17) is 8.53 Å². The molecule has 0 saturated carbocycles. The van der Waals surface area contributed by atoms with Crippen molar-refractivity contribution in [3.8, 4) is 11.1 Å². The molecule has 0 aliphatic heterocycles. The molecular formula is C59H40N2O. The largest absolute Gasteiger partial charge is 0.456 e. The highest BCUT2D eigenvalue weighted by atomic mass is 16.3. The second kappa shape index (κ2) is 14.5. The van der Waals surface area contributed by atoms with E-state index in [0.717, 1.165) is 77.9 Å². The van der Waals surface area contributed by atoms with Crippen molar-refractivity contribution < 1.29 is 11.3 Å². The van der Waals surface area contributed by atoms with Crippen molar-refractivity contribution in [2.24, 2.45) is 0 Å². The van der Waals surface area contributed by atoms with Gasteiger partial charge in [-0.25, -0.2) is 0 Å². The lowest BCUT2D eigenvalue weighted by Crippen LogP contribution is -2.29. The number of fused-ring (bicyclic) bond motifs is 7. The average molecular weight is 798 g/mol. The molecule has 1 aliphatic rings. The van der Waals surface area contributed by atoms with E-state index < -0.39 is 23.5 Å². The predicted molar refractivity (Wildman–Crippen MR) is 258 cm³/mol. The highest BCUT2D eigenvalue weighted by molar-refractivity contribution is 6.07. The third kappa shape index (κ3) is 5.59. The van der Waals surface area contributed by atoms with Gasteiger partial charge >= 0.3 is 0 Å². The maximum atomic E-state index is 9.79. The standard InChI is InChI=1S/C59H40N2O/c1-5-20-43(21-6-1)59(56-30-17-29-51-50-28-15-16-31-57(50)62-58(51)56)54-36-34-48(60(44-22-7-2-8-23-44)45-24-9-3-10-25-45)39-52(54)53-40-49(35-37-55(53)59)61(46-26-11-4-12-27-46)47-33-32-41-18-13-14-19-42(41)38-47/h1-40H/i1D,5D,6D,20D,21D. The molecule has 0 bridgehead atoms. The van der Waals surface area contributed by atoms with Crippen LogP contribution >= 0.6 is 0 Å². The van der Waals surface area contributed by atoms with Gasteiger partial charge in [-0.15, -0.1) is 0 Å². The van der Waals surface area contributed by atoms with Gasteiger partial charge in [0, 0.05) is 50.5 Å². The quantitative estimate of drug-likeness (QED) is 0.153. The van der Waals surface area contributed by atoms with Gasteiger partial charge in [-0.05, 0) is 117 Å². The van der Waals surface area contributed by atoms with Crippen molar-refractivity contribution in [2.75, 3.05) is 9.80 Å². The Balaban J connectivity index is 1.22. The van der Waals surface area contributed by atoms with Crippen molar-refractivity contribution in [3.05, 3.63) is 265 Å². The molecule has 62 heavy (non-hydrogen) atoms. The summed E-state index contributed by atoms with van der Waals surface area (Å²) in [6.45, 7) is 0. The fourth-order valence-electron chi connectivity index (χ4n) is 9.70. The second-order valence-corrected chi connectivity index (χ2v) is 15.7. The Morgan fingerprint density at radius 3 is 1.50 bits per heavy atom. The molecule has 12 rings (SSSR count). The first-order valence-electron chi connectivity index (χ1n) is 23.3. The number of furan rings is 1. The summed E-state index contributed by atoms with van der Waals surface area (Å²) in [7, 11) is 0. The summed E-state index contributed by atoms with van der Waals surface area (Å²) in [6.07, 6.45) is 0. The van der Waals surface area contributed by atoms with E-state index in [1.165, 1.54) is 0 Å². The number of anilines is 6. The molecule has 10 aromatic carbocycles. The lowest BCUT2D eigenvalue weighted by molar-refractivity contribution is 0.648. The topological polar surface area (TPSA) is 19.6 Å². The zero-order valence-electron chi connectivity index (χ0n) is 38.5. The van der Waals surface area contributed by atoms with Gasteiger partial charge in [-0.3, -0.25) is 0 Å². The van der Waals surface area contributed by atoms with Crippen LogP contribution in [0.15, 0.2) is 247 Å². The fourth-order valence-corrected chi connectivity index (χ4v) is 9.70. The van der Waals surface area contributed by atoms with Crippen molar-refractivity contribution in [3.63, 3.8) is 0 Å². The zero-order chi connectivity index (χ0) is 45.4. The monoisotopic (exact) mass is 797 g/mol. The van der Waals surface area contributed by atoms with E-state index >= 15 is 0 Å². The Morgan fingerprint density at radius 2 is 0.871 bits per heavy atom. The summed E-state index contributed by atoms with van der Waals surface area (Å²) in [6, 6.07) is 70.5. The number of rotatable bonds is 8. The van der Waals surface area contributed by atoms with Gasteiger partial charge in [0.1, 0.15) is 11.2 Å². The van der Waals surface area contributed by atoms with Gasteiger partial charge in [-0.1, -0.05) is 164 Å². The zero-order valence-corrected chi connectivity index (χ0v) is 33.5. The first kappa shape index (κ1) is 30.8. The van der Waals surface area contributed by atoms with Gasteiger partial charge in [-0.2, -0.15) is 0 Å². The number of hydrogen-bond donors (Lipinski definition) is 0. The molecule has 1 atom stereocenters. The molecular weight excluding hydrogens is 753 g/mol. The van der Waals surface area contributed by atoms with Crippen LogP contribution in [0.5, 0.6) is 0 Å². The summed E-state index contributed by atoms with van der Waals surface area (Å²) in [4.78, 5) is 4.47. The highest BCUT2D eigenvalue weighted by Gasteiger charge is 2.48. The second-order valence-electron chi connectivity index (χ2n) is 15.7. The Hall–Kier alpha value is -8.14. The van der Waals surface area contributed by atoms with E-state index in [-0.39, 0.29) is 17.6 Å². The van der Waals surface area contributed by atoms with Crippen molar-refractivity contribution >= 4 is 66.8 Å². The minimum Gasteiger partial charge on any atom is -0.456 e. The SMILES string of the molecule is [2H]c1c([2H])c([2H])c(C2(c3cccc4c3oc3ccccc34)c3ccc(N(c4ccccc4)c4ccccc4)cc3-c3cc(N(c4ccccc4)c4ccc5ccccc5c4)ccc32)c([2H])c1[2H]. The Bertz CT molecular complexity index is 3660. The normalized spacial score (nSPS) is 15.3. The van der Waals surface area contributed by atoms with E-state index in [2.05, 4.69) is 119 Å². The Morgan fingerprint density at radius 1 is 0.371 bits per heavy atom. The molecule has 292 valence electrons. The van der Waals surface area contributed by atoms with Gasteiger partial charge < -0.3 is 14.2 Å². The molecule has 1 aromatic heterocycles. The maximum Gasteiger partial charge on any atom is 0.140 e. The van der Waals surface area contributed by atoms with Gasteiger partial charge in [0.05, 0.1) is 12.3 Å². The van der Waals surface area contributed by atoms with Crippen LogP contribution in [0.2, 0.25) is 0 Å². The molecule has 0 saturated heterocycles. The summed E-state index contributed by atoms with van der Waals surface area (Å²) >= 11 is 0. The third-order valence-corrected chi connectivity index (χ3v) is 12.3. The van der Waals surface area contributed by atoms with Crippen LogP contribution in [0.1, 0.15) is 29.1 Å². The van der Waals surface area contributed by atoms with E-state index in [9.17, 15) is 2.74 Å². The summed E-state index contributed by atoms with van der Waals surface area (Å²) < 4.78 is 53.5. The van der Waals surface area contributed by atoms with Crippen LogP contribution in [0.3, 0.4) is 0 Å². The van der Waals surface area contributed by atoms with Crippen LogP contribution < -0.4 is 9.80 Å². The van der Waals surface area contributed by atoms with Crippen LogP contribution in [0.25, 0.3) is 43.8 Å². The van der Waals surface area contributed by atoms with Crippen molar-refractivity contribution in [1.82, 2.24) is 0 Å². The minimum atomic E-state index is -1.45. The molecule has 0 radical (unpaired) electrons. The van der Waals surface area contributed by atoms with Gasteiger partial charge in [0.25, 0.3) is 0 Å². The number of hydrogen-bond acceptors (Lipinski definition) is 3. The number of para-hydroxylation sites is 5. The molecule has 0 amide bonds. The smallest absolute Gasteiger partial charge is 0.140 e. The summed E-state index contributed by atoms with van der Waals surface area (Å²) in [5, 5.41) is 4.04. The third-order valence-electron chi connectivity index (χ3n) is 12.3. The fraction of sp³-hybridized carbons (Fsp3) is 0.0169. The average Bonchev–Trinajstić information content (AvgIpc) is 3.90. The van der Waals surface area contributed by atoms with Crippen LogP contribution in [0.4, 0.5) is 34.1 Å². The molecule has 0 fully saturated rings.